The molecule has 1 unspecified atom stereocenters. The zero-order valence-corrected chi connectivity index (χ0v) is 16.4. The molecule has 1 atom stereocenters. The first kappa shape index (κ1) is 19.5. The van der Waals surface area contributed by atoms with E-state index in [9.17, 15) is 14.0 Å². The molecule has 0 radical (unpaired) electrons. The summed E-state index contributed by atoms with van der Waals surface area (Å²) in [4.78, 5) is 29.6. The average Bonchev–Trinajstić information content (AvgIpc) is 3.16. The number of halogens is 1. The smallest absolute Gasteiger partial charge is 0.256 e. The molecule has 150 valence electrons. The minimum absolute atomic E-state index is 0.140. The molecule has 0 bridgehead atoms. The summed E-state index contributed by atoms with van der Waals surface area (Å²) in [5.74, 6) is -0.583. The third-order valence-corrected chi connectivity index (χ3v) is 5.02. The Balaban J connectivity index is 1.49. The predicted molar refractivity (Wildman–Crippen MR) is 113 cm³/mol. The molecule has 0 aliphatic carbocycles. The molecule has 1 heterocycles. The van der Waals surface area contributed by atoms with Crippen LogP contribution in [0, 0.1) is 5.82 Å². The first-order chi connectivity index (χ1) is 14.5. The van der Waals surface area contributed by atoms with E-state index < -0.39 is 5.82 Å². The van der Waals surface area contributed by atoms with Gasteiger partial charge in [-0.05, 0) is 54.4 Å². The van der Waals surface area contributed by atoms with Crippen molar-refractivity contribution in [1.29, 1.82) is 0 Å². The van der Waals surface area contributed by atoms with Crippen LogP contribution in [0.5, 0.6) is 0 Å². The number of nitrogens with one attached hydrogen (secondary N) is 2. The van der Waals surface area contributed by atoms with Crippen molar-refractivity contribution in [1.82, 2.24) is 10.6 Å². The molecule has 4 rings (SSSR count). The second kappa shape index (κ2) is 8.29. The highest BCUT2D eigenvalue weighted by atomic mass is 19.1. The fraction of sp³-hybridized carbons (Fsp3) is 0.125. The van der Waals surface area contributed by atoms with E-state index in [0.717, 1.165) is 11.1 Å². The van der Waals surface area contributed by atoms with Crippen LogP contribution in [0.2, 0.25) is 0 Å². The van der Waals surface area contributed by atoms with Gasteiger partial charge in [-0.1, -0.05) is 36.4 Å². The minimum Gasteiger partial charge on any atom is -0.346 e. The summed E-state index contributed by atoms with van der Waals surface area (Å²) >= 11 is 0. The zero-order chi connectivity index (χ0) is 21.1. The van der Waals surface area contributed by atoms with Crippen molar-refractivity contribution in [3.05, 3.63) is 106 Å². The number of aliphatic imine (C=N–C) groups is 1. The van der Waals surface area contributed by atoms with Crippen LogP contribution in [0.3, 0.4) is 0 Å². The lowest BCUT2D eigenvalue weighted by molar-refractivity contribution is 0.0938. The second-order valence-electron chi connectivity index (χ2n) is 7.10. The number of fused-ring (bicyclic) bond motifs is 1. The molecule has 3 aromatic carbocycles. The maximum absolute atomic E-state index is 13.1. The van der Waals surface area contributed by atoms with E-state index in [1.54, 1.807) is 12.1 Å². The summed E-state index contributed by atoms with van der Waals surface area (Å²) in [5, 5.41) is 5.75. The third kappa shape index (κ3) is 4.12. The number of hydrogen-bond acceptors (Lipinski definition) is 3. The minimum atomic E-state index is -0.407. The molecule has 0 fully saturated rings. The van der Waals surface area contributed by atoms with E-state index in [0.29, 0.717) is 29.1 Å². The largest absolute Gasteiger partial charge is 0.346 e. The van der Waals surface area contributed by atoms with Gasteiger partial charge in [-0.25, -0.2) is 4.39 Å². The Bertz CT molecular complexity index is 1120. The fourth-order valence-electron chi connectivity index (χ4n) is 3.32. The Hall–Kier alpha value is -3.80. The van der Waals surface area contributed by atoms with Crippen molar-refractivity contribution in [2.75, 3.05) is 0 Å². The highest BCUT2D eigenvalue weighted by Gasteiger charge is 2.21. The van der Waals surface area contributed by atoms with Gasteiger partial charge in [0.15, 0.2) is 0 Å². The molecular formula is C24H20FN3O2. The molecule has 30 heavy (non-hydrogen) atoms. The summed E-state index contributed by atoms with van der Waals surface area (Å²) < 4.78 is 13.1. The number of benzene rings is 3. The van der Waals surface area contributed by atoms with Crippen LogP contribution in [0.25, 0.3) is 0 Å². The van der Waals surface area contributed by atoms with Gasteiger partial charge >= 0.3 is 0 Å². The topological polar surface area (TPSA) is 70.6 Å². The van der Waals surface area contributed by atoms with Gasteiger partial charge in [0, 0.05) is 16.7 Å². The van der Waals surface area contributed by atoms with Crippen LogP contribution in [0.1, 0.15) is 50.4 Å². The number of hydrogen-bond donors (Lipinski definition) is 2. The van der Waals surface area contributed by atoms with Crippen LogP contribution in [0.4, 0.5) is 4.39 Å². The summed E-state index contributed by atoms with van der Waals surface area (Å²) in [6.07, 6.45) is 0. The molecule has 3 aromatic rings. The standard InChI is InChI=1S/C24H20FN3O2/c1-15(16-5-3-2-4-6-16)27-24(30)18-7-8-19-14-26-22(21(19)13-18)28-23(29)17-9-11-20(25)12-10-17/h2-13,15H,14H2,1H3,(H,27,30)(H,26,28,29). The van der Waals surface area contributed by atoms with E-state index in [4.69, 9.17) is 0 Å². The Morgan fingerprint density at radius 3 is 2.37 bits per heavy atom. The Kier molecular flexibility index (Phi) is 5.39. The fourth-order valence-corrected chi connectivity index (χ4v) is 3.32. The van der Waals surface area contributed by atoms with Crippen LogP contribution >= 0.6 is 0 Å². The molecule has 2 N–H and O–H groups in total. The van der Waals surface area contributed by atoms with Crippen LogP contribution in [0.15, 0.2) is 77.8 Å². The monoisotopic (exact) mass is 401 g/mol. The lowest BCUT2D eigenvalue weighted by atomic mass is 10.0. The quantitative estimate of drug-likeness (QED) is 0.694. The van der Waals surface area contributed by atoms with E-state index in [1.165, 1.54) is 24.3 Å². The first-order valence-corrected chi connectivity index (χ1v) is 9.62. The van der Waals surface area contributed by atoms with Crippen molar-refractivity contribution in [2.24, 2.45) is 4.99 Å². The van der Waals surface area contributed by atoms with Crippen molar-refractivity contribution in [3.8, 4) is 0 Å². The van der Waals surface area contributed by atoms with Gasteiger partial charge in [-0.2, -0.15) is 0 Å². The zero-order valence-electron chi connectivity index (χ0n) is 16.4. The van der Waals surface area contributed by atoms with Gasteiger partial charge in [0.05, 0.1) is 12.6 Å². The molecule has 1 aliphatic rings. The molecule has 2 amide bonds. The molecule has 6 heteroatoms. The van der Waals surface area contributed by atoms with Crippen LogP contribution < -0.4 is 10.6 Å². The van der Waals surface area contributed by atoms with Gasteiger partial charge in [0.1, 0.15) is 11.7 Å². The van der Waals surface area contributed by atoms with Crippen molar-refractivity contribution in [2.45, 2.75) is 19.5 Å². The number of rotatable bonds is 4. The number of nitrogens with zero attached hydrogens (tertiary/aromatic N) is 1. The Labute approximate surface area is 173 Å². The summed E-state index contributed by atoms with van der Waals surface area (Å²) in [6.45, 7) is 2.35. The summed E-state index contributed by atoms with van der Waals surface area (Å²) in [5.41, 5.74) is 3.48. The van der Waals surface area contributed by atoms with E-state index in [-0.39, 0.29) is 17.9 Å². The van der Waals surface area contributed by atoms with Gasteiger partial charge < -0.3 is 10.6 Å². The maximum Gasteiger partial charge on any atom is 0.256 e. The number of amides is 2. The Morgan fingerprint density at radius 2 is 1.63 bits per heavy atom. The van der Waals surface area contributed by atoms with Crippen LogP contribution in [-0.4, -0.2) is 17.6 Å². The SMILES string of the molecule is CC(NC(=O)c1ccc2c(c1)C(NC(=O)c1ccc(F)cc1)=NC2)c1ccccc1. The average molecular weight is 401 g/mol. The van der Waals surface area contributed by atoms with Gasteiger partial charge in [0.25, 0.3) is 11.8 Å². The van der Waals surface area contributed by atoms with Crippen molar-refractivity contribution in [3.63, 3.8) is 0 Å². The van der Waals surface area contributed by atoms with Crippen molar-refractivity contribution < 1.29 is 14.0 Å². The predicted octanol–water partition coefficient (Wildman–Crippen LogP) is 4.01. The molecule has 0 aromatic heterocycles. The third-order valence-electron chi connectivity index (χ3n) is 5.02. The maximum atomic E-state index is 13.1. The van der Waals surface area contributed by atoms with Gasteiger partial charge in [-0.3, -0.25) is 14.6 Å². The van der Waals surface area contributed by atoms with E-state index in [1.807, 2.05) is 43.3 Å². The van der Waals surface area contributed by atoms with Crippen LogP contribution in [-0.2, 0) is 6.54 Å². The van der Waals surface area contributed by atoms with Gasteiger partial charge in [0.2, 0.25) is 0 Å². The molecule has 0 spiro atoms. The molecule has 1 aliphatic heterocycles. The lowest BCUT2D eigenvalue weighted by Crippen LogP contribution is -2.31. The molecule has 0 saturated carbocycles. The number of carbonyl (C=O) groups excluding carboxylic acids is 2. The molecular weight excluding hydrogens is 381 g/mol. The van der Waals surface area contributed by atoms with E-state index >= 15 is 0 Å². The molecule has 0 saturated heterocycles. The number of amidine groups is 1. The highest BCUT2D eigenvalue weighted by molar-refractivity contribution is 6.14. The lowest BCUT2D eigenvalue weighted by Gasteiger charge is -2.15. The highest BCUT2D eigenvalue weighted by Crippen LogP contribution is 2.21. The first-order valence-electron chi connectivity index (χ1n) is 9.62. The van der Waals surface area contributed by atoms with Gasteiger partial charge in [-0.15, -0.1) is 0 Å². The Morgan fingerprint density at radius 1 is 0.933 bits per heavy atom. The van der Waals surface area contributed by atoms with E-state index in [2.05, 4.69) is 15.6 Å². The normalized spacial score (nSPS) is 13.2. The second-order valence-corrected chi connectivity index (χ2v) is 7.10. The summed E-state index contributed by atoms with van der Waals surface area (Å²) in [6, 6.07) is 20.2. The molecule has 5 nitrogen and oxygen atoms in total. The number of carbonyl (C=O) groups is 2. The summed E-state index contributed by atoms with van der Waals surface area (Å²) in [7, 11) is 0. The van der Waals surface area contributed by atoms with Crippen molar-refractivity contribution >= 4 is 17.6 Å².